The van der Waals surface area contributed by atoms with Gasteiger partial charge in [-0.25, -0.2) is 4.98 Å². The van der Waals surface area contributed by atoms with Crippen molar-refractivity contribution in [1.82, 2.24) is 4.98 Å². The van der Waals surface area contributed by atoms with Gasteiger partial charge in [0.05, 0.1) is 0 Å². The Labute approximate surface area is 128 Å². The maximum atomic E-state index is 4.42. The fraction of sp³-hybridized carbons (Fsp3) is 0.353. The van der Waals surface area contributed by atoms with Gasteiger partial charge < -0.3 is 5.32 Å². The van der Waals surface area contributed by atoms with Crippen LogP contribution in [0.1, 0.15) is 35.1 Å². The number of hydrogen-bond donors (Lipinski definition) is 1. The van der Waals surface area contributed by atoms with Crippen molar-refractivity contribution >= 4 is 21.7 Å². The molecule has 1 heterocycles. The van der Waals surface area contributed by atoms with Gasteiger partial charge in [0.2, 0.25) is 0 Å². The van der Waals surface area contributed by atoms with Crippen LogP contribution in [-0.2, 0) is 19.4 Å². The van der Waals surface area contributed by atoms with Crippen LogP contribution in [0.25, 0.3) is 0 Å². The van der Waals surface area contributed by atoms with E-state index in [1.165, 1.54) is 42.4 Å². The summed E-state index contributed by atoms with van der Waals surface area (Å²) in [6.07, 6.45) is 6.99. The SMILES string of the molecule is Cc1cc(Br)cnc1NCc1ccc2c(c1)CCCC2. The van der Waals surface area contributed by atoms with Crippen LogP contribution in [0.5, 0.6) is 0 Å². The number of fused-ring (bicyclic) bond motifs is 1. The summed E-state index contributed by atoms with van der Waals surface area (Å²) in [5, 5.41) is 3.43. The highest BCUT2D eigenvalue weighted by atomic mass is 79.9. The van der Waals surface area contributed by atoms with E-state index >= 15 is 0 Å². The highest BCUT2D eigenvalue weighted by Gasteiger charge is 2.09. The maximum Gasteiger partial charge on any atom is 0.129 e. The van der Waals surface area contributed by atoms with E-state index < -0.39 is 0 Å². The highest BCUT2D eigenvalue weighted by molar-refractivity contribution is 9.10. The van der Waals surface area contributed by atoms with E-state index in [4.69, 9.17) is 0 Å². The monoisotopic (exact) mass is 330 g/mol. The van der Waals surface area contributed by atoms with Crippen LogP contribution in [0.3, 0.4) is 0 Å². The molecule has 2 nitrogen and oxygen atoms in total. The van der Waals surface area contributed by atoms with Crippen molar-refractivity contribution in [3.63, 3.8) is 0 Å². The van der Waals surface area contributed by atoms with Crippen LogP contribution >= 0.6 is 15.9 Å². The first-order valence-corrected chi connectivity index (χ1v) is 7.98. The van der Waals surface area contributed by atoms with Gasteiger partial charge >= 0.3 is 0 Å². The highest BCUT2D eigenvalue weighted by Crippen LogP contribution is 2.23. The molecule has 20 heavy (non-hydrogen) atoms. The molecule has 0 saturated carbocycles. The summed E-state index contributed by atoms with van der Waals surface area (Å²) in [6, 6.07) is 8.98. The number of anilines is 1. The van der Waals surface area contributed by atoms with Crippen LogP contribution in [0.15, 0.2) is 34.9 Å². The molecule has 3 rings (SSSR count). The fourth-order valence-corrected chi connectivity index (χ4v) is 3.25. The standard InChI is InChI=1S/C17H19BrN2/c1-12-8-16(18)11-20-17(12)19-10-13-6-7-14-4-2-3-5-15(14)9-13/h6-9,11H,2-5,10H2,1H3,(H,19,20). The van der Waals surface area contributed by atoms with Gasteiger partial charge in [0.1, 0.15) is 5.82 Å². The van der Waals surface area contributed by atoms with E-state index in [-0.39, 0.29) is 0 Å². The van der Waals surface area contributed by atoms with E-state index in [9.17, 15) is 0 Å². The molecule has 0 bridgehead atoms. The van der Waals surface area contributed by atoms with Crippen molar-refractivity contribution < 1.29 is 0 Å². The lowest BCUT2D eigenvalue weighted by atomic mass is 9.90. The van der Waals surface area contributed by atoms with Gasteiger partial charge in [-0.15, -0.1) is 0 Å². The normalized spacial score (nSPS) is 13.9. The molecule has 104 valence electrons. The first-order chi connectivity index (χ1) is 9.72. The quantitative estimate of drug-likeness (QED) is 0.886. The minimum atomic E-state index is 0.836. The molecule has 1 aromatic heterocycles. The van der Waals surface area contributed by atoms with Gasteiger partial charge in [-0.2, -0.15) is 0 Å². The molecule has 0 atom stereocenters. The Hall–Kier alpha value is -1.35. The van der Waals surface area contributed by atoms with Crippen molar-refractivity contribution in [1.29, 1.82) is 0 Å². The van der Waals surface area contributed by atoms with E-state index in [2.05, 4.69) is 57.4 Å². The maximum absolute atomic E-state index is 4.42. The molecule has 0 amide bonds. The first-order valence-electron chi connectivity index (χ1n) is 7.19. The third kappa shape index (κ3) is 3.04. The summed E-state index contributed by atoms with van der Waals surface area (Å²) >= 11 is 3.44. The molecule has 0 aliphatic heterocycles. The predicted octanol–water partition coefficient (Wildman–Crippen LogP) is 4.64. The fourth-order valence-electron chi connectivity index (χ4n) is 2.81. The molecule has 2 aromatic rings. The minimum Gasteiger partial charge on any atom is -0.366 e. The number of nitrogens with zero attached hydrogens (tertiary/aromatic N) is 1. The molecule has 1 aromatic carbocycles. The number of aryl methyl sites for hydroxylation is 3. The Morgan fingerprint density at radius 2 is 1.95 bits per heavy atom. The molecule has 0 fully saturated rings. The lowest BCUT2D eigenvalue weighted by molar-refractivity contribution is 0.684. The van der Waals surface area contributed by atoms with Gasteiger partial charge in [0.25, 0.3) is 0 Å². The van der Waals surface area contributed by atoms with Gasteiger partial charge in [-0.3, -0.25) is 0 Å². The Morgan fingerprint density at radius 1 is 1.15 bits per heavy atom. The average molecular weight is 331 g/mol. The van der Waals surface area contributed by atoms with E-state index in [0.717, 1.165) is 22.4 Å². The zero-order chi connectivity index (χ0) is 13.9. The summed E-state index contributed by atoms with van der Waals surface area (Å²) in [4.78, 5) is 4.42. The zero-order valence-electron chi connectivity index (χ0n) is 11.7. The summed E-state index contributed by atoms with van der Waals surface area (Å²) < 4.78 is 1.02. The predicted molar refractivity (Wildman–Crippen MR) is 87.1 cm³/mol. The minimum absolute atomic E-state index is 0.836. The second-order valence-electron chi connectivity index (χ2n) is 5.48. The van der Waals surface area contributed by atoms with Crippen molar-refractivity contribution in [3.8, 4) is 0 Å². The van der Waals surface area contributed by atoms with Crippen molar-refractivity contribution in [2.24, 2.45) is 0 Å². The molecule has 3 heteroatoms. The topological polar surface area (TPSA) is 24.9 Å². The largest absolute Gasteiger partial charge is 0.366 e. The van der Waals surface area contributed by atoms with Crippen molar-refractivity contribution in [2.75, 3.05) is 5.32 Å². The summed E-state index contributed by atoms with van der Waals surface area (Å²) in [7, 11) is 0. The van der Waals surface area contributed by atoms with Crippen LogP contribution in [0.4, 0.5) is 5.82 Å². The lowest BCUT2D eigenvalue weighted by Crippen LogP contribution is -2.06. The van der Waals surface area contributed by atoms with Crippen LogP contribution in [0.2, 0.25) is 0 Å². The number of rotatable bonds is 3. The van der Waals surface area contributed by atoms with Crippen LogP contribution < -0.4 is 5.32 Å². The van der Waals surface area contributed by atoms with E-state index in [1.807, 2.05) is 6.20 Å². The Morgan fingerprint density at radius 3 is 2.75 bits per heavy atom. The Balaban J connectivity index is 1.72. The summed E-state index contributed by atoms with van der Waals surface area (Å²) in [5.41, 5.74) is 5.58. The third-order valence-corrected chi connectivity index (χ3v) is 4.35. The molecular weight excluding hydrogens is 312 g/mol. The lowest BCUT2D eigenvalue weighted by Gasteiger charge is -2.17. The molecule has 1 N–H and O–H groups in total. The molecule has 0 saturated heterocycles. The number of pyridine rings is 1. The number of nitrogens with one attached hydrogen (secondary N) is 1. The zero-order valence-corrected chi connectivity index (χ0v) is 13.3. The second-order valence-corrected chi connectivity index (χ2v) is 6.40. The number of halogens is 1. The number of aromatic nitrogens is 1. The van der Waals surface area contributed by atoms with Gasteiger partial charge in [-0.05, 0) is 76.9 Å². The van der Waals surface area contributed by atoms with Crippen molar-refractivity contribution in [3.05, 3.63) is 57.2 Å². The van der Waals surface area contributed by atoms with Crippen molar-refractivity contribution in [2.45, 2.75) is 39.2 Å². The second kappa shape index (κ2) is 5.96. The molecule has 1 aliphatic carbocycles. The molecule has 1 aliphatic rings. The van der Waals surface area contributed by atoms with Crippen LogP contribution in [-0.4, -0.2) is 4.98 Å². The van der Waals surface area contributed by atoms with Crippen LogP contribution in [0, 0.1) is 6.92 Å². The Kier molecular flexibility index (Phi) is 4.06. The first kappa shape index (κ1) is 13.6. The summed E-state index contributed by atoms with van der Waals surface area (Å²) in [6.45, 7) is 2.91. The van der Waals surface area contributed by atoms with Gasteiger partial charge in [0.15, 0.2) is 0 Å². The third-order valence-electron chi connectivity index (χ3n) is 3.92. The molecular formula is C17H19BrN2. The molecule has 0 spiro atoms. The molecule has 0 unspecified atom stereocenters. The summed E-state index contributed by atoms with van der Waals surface area (Å²) in [5.74, 6) is 0.964. The number of hydrogen-bond acceptors (Lipinski definition) is 2. The van der Waals surface area contributed by atoms with Gasteiger partial charge in [-0.1, -0.05) is 18.2 Å². The molecule has 0 radical (unpaired) electrons. The van der Waals surface area contributed by atoms with E-state index in [0.29, 0.717) is 0 Å². The average Bonchev–Trinajstić information content (AvgIpc) is 2.46. The van der Waals surface area contributed by atoms with E-state index in [1.54, 1.807) is 0 Å². The smallest absolute Gasteiger partial charge is 0.129 e. The number of benzene rings is 1. The van der Waals surface area contributed by atoms with Gasteiger partial charge in [0, 0.05) is 17.2 Å². The Bertz CT molecular complexity index is 622.